The molecule has 2 aromatic rings. The predicted octanol–water partition coefficient (Wildman–Crippen LogP) is 4.22. The molecule has 2 aliphatic rings. The van der Waals surface area contributed by atoms with Gasteiger partial charge in [-0.25, -0.2) is 8.42 Å². The number of carbonyl (C=O) groups excluding carboxylic acids is 2. The minimum absolute atomic E-state index is 0.0000769. The third-order valence-corrected chi connectivity index (χ3v) is 8.50. The predicted molar refractivity (Wildman–Crippen MR) is 121 cm³/mol. The number of benzene rings is 2. The van der Waals surface area contributed by atoms with Crippen molar-refractivity contribution in [3.63, 3.8) is 0 Å². The van der Waals surface area contributed by atoms with Crippen LogP contribution in [0.2, 0.25) is 0 Å². The van der Waals surface area contributed by atoms with Crippen LogP contribution in [0.25, 0.3) is 0 Å². The van der Waals surface area contributed by atoms with Crippen LogP contribution < -0.4 is 5.32 Å². The van der Waals surface area contributed by atoms with E-state index in [1.54, 1.807) is 0 Å². The summed E-state index contributed by atoms with van der Waals surface area (Å²) in [5.74, 6) is -1.23. The number of hydrogen-bond acceptors (Lipinski definition) is 5. The monoisotopic (exact) mass is 564 g/mol. The highest BCUT2D eigenvalue weighted by atomic mass is 32.2. The molecule has 1 aliphatic carbocycles. The largest absolute Gasteiger partial charge is 0.430 e. The standard InChI is InChI=1S/C24H22F6N2O5S/c1-13(33)32-11-15-10-18(38(36,37)12-14-2-3-14)8-9-19(15)20(32)21(34)31-17-6-4-16(5-7-17)22(35,23(25,26)27)24(28,29)30/h4-10,14,20,35H,2-3,11-12H2,1H3,(H,31,34)/t20-/m1/s1. The van der Waals surface area contributed by atoms with E-state index in [0.29, 0.717) is 23.3 Å². The third-order valence-electron chi connectivity index (χ3n) is 6.62. The number of halogens is 6. The molecule has 14 heteroatoms. The topological polar surface area (TPSA) is 104 Å². The highest BCUT2D eigenvalue weighted by molar-refractivity contribution is 7.91. The van der Waals surface area contributed by atoms with Crippen LogP contribution in [0.3, 0.4) is 0 Å². The summed E-state index contributed by atoms with van der Waals surface area (Å²) in [4.78, 5) is 26.6. The van der Waals surface area contributed by atoms with E-state index >= 15 is 0 Å². The number of nitrogens with one attached hydrogen (secondary N) is 1. The van der Waals surface area contributed by atoms with Gasteiger partial charge in [0.2, 0.25) is 5.91 Å². The molecule has 1 heterocycles. The minimum Gasteiger partial charge on any atom is -0.369 e. The maximum atomic E-state index is 13.1. The highest BCUT2D eigenvalue weighted by Crippen LogP contribution is 2.50. The number of aliphatic hydroxyl groups is 1. The number of alkyl halides is 6. The number of hydrogen-bond donors (Lipinski definition) is 2. The van der Waals surface area contributed by atoms with Crippen LogP contribution in [0.4, 0.5) is 32.0 Å². The molecule has 7 nitrogen and oxygen atoms in total. The highest BCUT2D eigenvalue weighted by Gasteiger charge is 2.71. The average Bonchev–Trinajstić information content (AvgIpc) is 3.51. The zero-order chi connectivity index (χ0) is 28.3. The van der Waals surface area contributed by atoms with Gasteiger partial charge in [-0.05, 0) is 54.2 Å². The van der Waals surface area contributed by atoms with Gasteiger partial charge in [-0.2, -0.15) is 26.3 Å². The van der Waals surface area contributed by atoms with Crippen LogP contribution in [0.15, 0.2) is 47.4 Å². The Kier molecular flexibility index (Phi) is 6.80. The second-order valence-corrected chi connectivity index (χ2v) is 11.4. The second-order valence-electron chi connectivity index (χ2n) is 9.41. The van der Waals surface area contributed by atoms with Crippen molar-refractivity contribution in [1.29, 1.82) is 0 Å². The van der Waals surface area contributed by atoms with Crippen LogP contribution in [0.5, 0.6) is 0 Å². The molecule has 1 saturated carbocycles. The molecule has 2 N–H and O–H groups in total. The van der Waals surface area contributed by atoms with Crippen LogP contribution in [-0.4, -0.2) is 48.3 Å². The van der Waals surface area contributed by atoms with Gasteiger partial charge in [0.15, 0.2) is 9.84 Å². The van der Waals surface area contributed by atoms with Crippen LogP contribution in [0, 0.1) is 5.92 Å². The average molecular weight is 565 g/mol. The first kappa shape index (κ1) is 27.9. The second kappa shape index (κ2) is 9.26. The number of fused-ring (bicyclic) bond motifs is 1. The Bertz CT molecular complexity index is 1350. The normalized spacial score (nSPS) is 18.3. The SMILES string of the molecule is CC(=O)N1Cc2cc(S(=O)(=O)CC3CC3)ccc2[C@@H]1C(=O)Nc1ccc(C(O)(C(F)(F)F)C(F)(F)F)cc1. The summed E-state index contributed by atoms with van der Waals surface area (Å²) in [6.07, 6.45) is -10.5. The van der Waals surface area contributed by atoms with Gasteiger partial charge >= 0.3 is 12.4 Å². The first-order valence-corrected chi connectivity index (χ1v) is 13.0. The van der Waals surface area contributed by atoms with E-state index in [1.807, 2.05) is 0 Å². The van der Waals surface area contributed by atoms with Crippen molar-refractivity contribution in [1.82, 2.24) is 4.90 Å². The summed E-state index contributed by atoms with van der Waals surface area (Å²) in [6.45, 7) is 1.12. The van der Waals surface area contributed by atoms with Gasteiger partial charge in [-0.3, -0.25) is 9.59 Å². The van der Waals surface area contributed by atoms with E-state index in [1.165, 1.54) is 25.1 Å². The first-order valence-electron chi connectivity index (χ1n) is 11.4. The quantitative estimate of drug-likeness (QED) is 0.512. The fraction of sp³-hybridized carbons (Fsp3) is 0.417. The molecule has 2 amide bonds. The van der Waals surface area contributed by atoms with Crippen molar-refractivity contribution in [2.75, 3.05) is 11.1 Å². The Labute approximate surface area is 213 Å². The van der Waals surface area contributed by atoms with Gasteiger partial charge in [-0.1, -0.05) is 18.2 Å². The van der Waals surface area contributed by atoms with Crippen molar-refractivity contribution in [3.05, 3.63) is 59.2 Å². The molecular formula is C24H22F6N2O5S. The zero-order valence-electron chi connectivity index (χ0n) is 19.7. The lowest BCUT2D eigenvalue weighted by atomic mass is 9.92. The van der Waals surface area contributed by atoms with E-state index in [4.69, 9.17) is 0 Å². The van der Waals surface area contributed by atoms with Crippen molar-refractivity contribution in [2.24, 2.45) is 5.92 Å². The fourth-order valence-electron chi connectivity index (χ4n) is 4.38. The Balaban J connectivity index is 1.59. The molecule has 0 unspecified atom stereocenters. The van der Waals surface area contributed by atoms with Gasteiger partial charge in [0, 0.05) is 24.7 Å². The summed E-state index contributed by atoms with van der Waals surface area (Å²) in [7, 11) is -3.56. The summed E-state index contributed by atoms with van der Waals surface area (Å²) >= 11 is 0. The van der Waals surface area contributed by atoms with E-state index in [9.17, 15) is 49.5 Å². The maximum absolute atomic E-state index is 13.1. The number of nitrogens with zero attached hydrogens (tertiary/aromatic N) is 1. The van der Waals surface area contributed by atoms with Crippen LogP contribution >= 0.6 is 0 Å². The molecule has 0 spiro atoms. The summed E-state index contributed by atoms with van der Waals surface area (Å²) in [6, 6.07) is 5.24. The Morgan fingerprint density at radius 2 is 1.58 bits per heavy atom. The molecule has 206 valence electrons. The van der Waals surface area contributed by atoms with E-state index in [-0.39, 0.29) is 28.8 Å². The smallest absolute Gasteiger partial charge is 0.369 e. The maximum Gasteiger partial charge on any atom is 0.430 e. The minimum atomic E-state index is -6.06. The van der Waals surface area contributed by atoms with Crippen molar-refractivity contribution >= 4 is 27.3 Å². The Morgan fingerprint density at radius 3 is 2.08 bits per heavy atom. The van der Waals surface area contributed by atoms with Gasteiger partial charge < -0.3 is 15.3 Å². The molecule has 1 atom stereocenters. The lowest BCUT2D eigenvalue weighted by Gasteiger charge is -2.32. The summed E-state index contributed by atoms with van der Waals surface area (Å²) < 4.78 is 104. The zero-order valence-corrected chi connectivity index (χ0v) is 20.5. The molecule has 2 aromatic carbocycles. The summed E-state index contributed by atoms with van der Waals surface area (Å²) in [5.41, 5.74) is -6.04. The molecule has 0 aromatic heterocycles. The van der Waals surface area contributed by atoms with Gasteiger partial charge in [0.25, 0.3) is 11.5 Å². The molecule has 38 heavy (non-hydrogen) atoms. The molecule has 0 radical (unpaired) electrons. The van der Waals surface area contributed by atoms with Crippen molar-refractivity contribution in [3.8, 4) is 0 Å². The molecular weight excluding hydrogens is 542 g/mol. The number of carbonyl (C=O) groups is 2. The third kappa shape index (κ3) is 4.98. The van der Waals surface area contributed by atoms with Crippen LogP contribution in [-0.2, 0) is 31.6 Å². The van der Waals surface area contributed by atoms with Crippen LogP contribution in [0.1, 0.15) is 42.5 Å². The van der Waals surface area contributed by atoms with E-state index in [0.717, 1.165) is 29.9 Å². The number of anilines is 1. The summed E-state index contributed by atoms with van der Waals surface area (Å²) in [5, 5.41) is 11.9. The molecule has 0 saturated heterocycles. The van der Waals surface area contributed by atoms with Gasteiger partial charge in [0.05, 0.1) is 10.6 Å². The number of amides is 2. The molecule has 1 fully saturated rings. The molecule has 4 rings (SSSR count). The lowest BCUT2D eigenvalue weighted by Crippen LogP contribution is -2.53. The Morgan fingerprint density at radius 1 is 1.00 bits per heavy atom. The van der Waals surface area contributed by atoms with Crippen molar-refractivity contribution in [2.45, 2.75) is 55.2 Å². The fourth-order valence-corrected chi connectivity index (χ4v) is 6.13. The molecule has 0 bridgehead atoms. The van der Waals surface area contributed by atoms with E-state index < -0.39 is 51.2 Å². The number of sulfone groups is 1. The van der Waals surface area contributed by atoms with E-state index in [2.05, 4.69) is 5.32 Å². The molecule has 1 aliphatic heterocycles. The Hall–Kier alpha value is -3.13. The lowest BCUT2D eigenvalue weighted by molar-refractivity contribution is -0.376. The number of rotatable bonds is 6. The van der Waals surface area contributed by atoms with Gasteiger partial charge in [0.1, 0.15) is 6.04 Å². The first-order chi connectivity index (χ1) is 17.5. The van der Waals surface area contributed by atoms with Gasteiger partial charge in [-0.15, -0.1) is 0 Å². The van der Waals surface area contributed by atoms with Crippen molar-refractivity contribution < 1.29 is 49.5 Å².